The number of rotatable bonds is 4. The van der Waals surface area contributed by atoms with Crippen LogP contribution in [0.15, 0.2) is 64.7 Å². The molecule has 0 aliphatic rings. The number of hydrogen-bond donors (Lipinski definition) is 3. The summed E-state index contributed by atoms with van der Waals surface area (Å²) in [5.41, 5.74) is 5.52. The lowest BCUT2D eigenvalue weighted by molar-refractivity contribution is 0.598. The Morgan fingerprint density at radius 1 is 1.09 bits per heavy atom. The van der Waals surface area contributed by atoms with Gasteiger partial charge in [-0.1, -0.05) is 18.2 Å². The predicted octanol–water partition coefficient (Wildman–Crippen LogP) is 2.26. The highest BCUT2D eigenvalue weighted by Crippen LogP contribution is 2.16. The molecule has 0 radical (unpaired) electrons. The molecule has 0 aliphatic heterocycles. The molecule has 0 bridgehead atoms. The first-order chi connectivity index (χ1) is 10.5. The molecule has 6 nitrogen and oxygen atoms in total. The van der Waals surface area contributed by atoms with Gasteiger partial charge in [-0.3, -0.25) is 5.43 Å². The molecule has 3 rings (SSSR count). The molecule has 4 N–H and O–H groups in total. The number of anilines is 1. The molecule has 1 aromatic heterocycles. The van der Waals surface area contributed by atoms with E-state index >= 15 is 0 Å². The second-order valence-corrected chi connectivity index (χ2v) is 6.29. The Bertz CT molecular complexity index is 928. The van der Waals surface area contributed by atoms with E-state index in [1.165, 1.54) is 12.1 Å². The Kier molecular flexibility index (Phi) is 3.66. The Labute approximate surface area is 127 Å². The van der Waals surface area contributed by atoms with E-state index in [1.807, 2.05) is 30.5 Å². The largest absolute Gasteiger partial charge is 0.361 e. The summed E-state index contributed by atoms with van der Waals surface area (Å²) >= 11 is 0. The number of hydrogen-bond acceptors (Lipinski definition) is 4. The first-order valence-corrected chi connectivity index (χ1v) is 8.07. The first-order valence-electron chi connectivity index (χ1n) is 6.52. The fraction of sp³-hybridized carbons (Fsp3) is 0. The van der Waals surface area contributed by atoms with E-state index in [-0.39, 0.29) is 4.90 Å². The Morgan fingerprint density at radius 2 is 1.82 bits per heavy atom. The first kappa shape index (κ1) is 14.3. The number of fused-ring (bicyclic) bond motifs is 1. The highest BCUT2D eigenvalue weighted by molar-refractivity contribution is 7.89. The zero-order chi connectivity index (χ0) is 15.6. The van der Waals surface area contributed by atoms with E-state index in [9.17, 15) is 8.42 Å². The minimum Gasteiger partial charge on any atom is -0.361 e. The average Bonchev–Trinajstić information content (AvgIpc) is 2.90. The van der Waals surface area contributed by atoms with Crippen molar-refractivity contribution in [1.82, 2.24) is 4.98 Å². The third-order valence-corrected chi connectivity index (χ3v) is 4.13. The van der Waals surface area contributed by atoms with Crippen molar-refractivity contribution in [2.75, 3.05) is 5.43 Å². The summed E-state index contributed by atoms with van der Waals surface area (Å²) in [6.45, 7) is 0. The van der Waals surface area contributed by atoms with Crippen LogP contribution in [0.4, 0.5) is 5.69 Å². The van der Waals surface area contributed by atoms with E-state index in [0.717, 1.165) is 16.5 Å². The maximum Gasteiger partial charge on any atom is 0.238 e. The van der Waals surface area contributed by atoms with Gasteiger partial charge in [0.05, 0.1) is 16.8 Å². The van der Waals surface area contributed by atoms with Crippen LogP contribution in [-0.4, -0.2) is 19.6 Å². The standard InChI is InChI=1S/C15H14N4O2S/c16-22(20,21)13-7-5-12(6-8-13)19-18-10-11-9-17-15-4-2-1-3-14(11)15/h1-10,17,19H,(H2,16,20,21). The molecule has 3 aromatic rings. The number of aromatic nitrogens is 1. The van der Waals surface area contributed by atoms with Gasteiger partial charge < -0.3 is 4.98 Å². The molecule has 2 aromatic carbocycles. The second kappa shape index (κ2) is 5.63. The summed E-state index contributed by atoms with van der Waals surface area (Å²) in [7, 11) is -3.67. The van der Waals surface area contributed by atoms with Gasteiger partial charge in [-0.15, -0.1) is 0 Å². The maximum absolute atomic E-state index is 11.2. The van der Waals surface area contributed by atoms with Crippen molar-refractivity contribution in [3.63, 3.8) is 0 Å². The summed E-state index contributed by atoms with van der Waals surface area (Å²) in [4.78, 5) is 3.23. The van der Waals surface area contributed by atoms with Gasteiger partial charge in [0, 0.05) is 22.7 Å². The Balaban J connectivity index is 1.75. The third-order valence-electron chi connectivity index (χ3n) is 3.20. The van der Waals surface area contributed by atoms with Crippen molar-refractivity contribution >= 4 is 32.8 Å². The van der Waals surface area contributed by atoms with Gasteiger partial charge in [-0.25, -0.2) is 13.6 Å². The number of hydrazone groups is 1. The highest BCUT2D eigenvalue weighted by Gasteiger charge is 2.06. The molecule has 0 amide bonds. The van der Waals surface area contributed by atoms with Gasteiger partial charge in [-0.2, -0.15) is 5.10 Å². The summed E-state index contributed by atoms with van der Waals surface area (Å²) in [5.74, 6) is 0. The van der Waals surface area contributed by atoms with Crippen LogP contribution in [0, 0.1) is 0 Å². The monoisotopic (exact) mass is 314 g/mol. The smallest absolute Gasteiger partial charge is 0.238 e. The summed E-state index contributed by atoms with van der Waals surface area (Å²) in [5, 5.41) is 10.3. The number of H-pyrrole nitrogens is 1. The van der Waals surface area contributed by atoms with Crippen molar-refractivity contribution in [2.45, 2.75) is 4.90 Å². The SMILES string of the molecule is NS(=O)(=O)c1ccc(NN=Cc2c[nH]c3ccccc23)cc1. The molecule has 0 spiro atoms. The van der Waals surface area contributed by atoms with Crippen LogP contribution in [0.5, 0.6) is 0 Å². The number of para-hydroxylation sites is 1. The van der Waals surface area contributed by atoms with Crippen LogP contribution >= 0.6 is 0 Å². The number of aromatic amines is 1. The van der Waals surface area contributed by atoms with Crippen molar-refractivity contribution in [2.24, 2.45) is 10.2 Å². The average molecular weight is 314 g/mol. The molecular weight excluding hydrogens is 300 g/mol. The second-order valence-electron chi connectivity index (χ2n) is 4.73. The van der Waals surface area contributed by atoms with Crippen LogP contribution < -0.4 is 10.6 Å². The fourth-order valence-electron chi connectivity index (χ4n) is 2.10. The quantitative estimate of drug-likeness (QED) is 0.508. The molecule has 0 fully saturated rings. The lowest BCUT2D eigenvalue weighted by Gasteiger charge is -2.01. The highest BCUT2D eigenvalue weighted by atomic mass is 32.2. The topological polar surface area (TPSA) is 100 Å². The lowest BCUT2D eigenvalue weighted by Crippen LogP contribution is -2.11. The van der Waals surface area contributed by atoms with Crippen molar-refractivity contribution < 1.29 is 8.42 Å². The number of primary sulfonamides is 1. The summed E-state index contributed by atoms with van der Waals surface area (Å²) in [6, 6.07) is 14.0. The maximum atomic E-state index is 11.2. The predicted molar refractivity (Wildman–Crippen MR) is 87.3 cm³/mol. The minimum absolute atomic E-state index is 0.0682. The van der Waals surface area contributed by atoms with E-state index in [4.69, 9.17) is 5.14 Å². The van der Waals surface area contributed by atoms with Crippen LogP contribution in [-0.2, 0) is 10.0 Å². The lowest BCUT2D eigenvalue weighted by atomic mass is 10.2. The van der Waals surface area contributed by atoms with E-state index in [0.29, 0.717) is 5.69 Å². The molecular formula is C15H14N4O2S. The van der Waals surface area contributed by atoms with E-state index in [2.05, 4.69) is 15.5 Å². The number of benzene rings is 2. The zero-order valence-corrected chi connectivity index (χ0v) is 12.3. The van der Waals surface area contributed by atoms with Crippen LogP contribution in [0.3, 0.4) is 0 Å². The normalized spacial score (nSPS) is 12.0. The molecule has 112 valence electrons. The summed E-state index contributed by atoms with van der Waals surface area (Å²) in [6.07, 6.45) is 3.58. The van der Waals surface area contributed by atoms with Crippen molar-refractivity contribution in [1.29, 1.82) is 0 Å². The number of nitrogens with one attached hydrogen (secondary N) is 2. The Hall–Kier alpha value is -2.64. The van der Waals surface area contributed by atoms with Gasteiger partial charge in [-0.05, 0) is 30.3 Å². The van der Waals surface area contributed by atoms with Gasteiger partial charge in [0.25, 0.3) is 0 Å². The van der Waals surface area contributed by atoms with Gasteiger partial charge >= 0.3 is 0 Å². The minimum atomic E-state index is -3.67. The molecule has 0 unspecified atom stereocenters. The fourth-order valence-corrected chi connectivity index (χ4v) is 2.61. The van der Waals surface area contributed by atoms with Gasteiger partial charge in [0.15, 0.2) is 0 Å². The number of sulfonamides is 1. The van der Waals surface area contributed by atoms with Crippen molar-refractivity contribution in [3.8, 4) is 0 Å². The third kappa shape index (κ3) is 3.00. The number of nitrogens with two attached hydrogens (primary N) is 1. The van der Waals surface area contributed by atoms with Crippen molar-refractivity contribution in [3.05, 3.63) is 60.3 Å². The molecule has 0 saturated heterocycles. The summed E-state index contributed by atoms with van der Waals surface area (Å²) < 4.78 is 22.3. The van der Waals surface area contributed by atoms with E-state index < -0.39 is 10.0 Å². The van der Waals surface area contributed by atoms with Crippen LogP contribution in [0.25, 0.3) is 10.9 Å². The van der Waals surface area contributed by atoms with E-state index in [1.54, 1.807) is 18.3 Å². The molecule has 0 saturated carbocycles. The molecule has 0 atom stereocenters. The zero-order valence-electron chi connectivity index (χ0n) is 11.5. The van der Waals surface area contributed by atoms with Gasteiger partial charge in [0.2, 0.25) is 10.0 Å². The molecule has 0 aliphatic carbocycles. The molecule has 1 heterocycles. The molecule has 7 heteroatoms. The van der Waals surface area contributed by atoms with Crippen LogP contribution in [0.2, 0.25) is 0 Å². The van der Waals surface area contributed by atoms with Gasteiger partial charge in [0.1, 0.15) is 0 Å². The Morgan fingerprint density at radius 3 is 2.55 bits per heavy atom. The molecule has 22 heavy (non-hydrogen) atoms. The van der Waals surface area contributed by atoms with Crippen LogP contribution in [0.1, 0.15) is 5.56 Å². The number of nitrogens with zero attached hydrogens (tertiary/aromatic N) is 1.